The Morgan fingerprint density at radius 3 is 2.81 bits per heavy atom. The molecule has 140 valence electrons. The molecule has 3 rings (SSSR count). The number of amides is 1. The first kappa shape index (κ1) is 18.4. The molecule has 1 aliphatic rings. The molecule has 1 atom stereocenters. The van der Waals surface area contributed by atoms with Crippen LogP contribution in [0.2, 0.25) is 0 Å². The highest BCUT2D eigenvalue weighted by Crippen LogP contribution is 2.29. The zero-order valence-electron chi connectivity index (χ0n) is 15.6. The lowest BCUT2D eigenvalue weighted by molar-refractivity contribution is -0.137. The van der Waals surface area contributed by atoms with E-state index < -0.39 is 0 Å². The number of carbonyl (C=O) groups is 1. The van der Waals surface area contributed by atoms with Crippen molar-refractivity contribution in [1.29, 1.82) is 0 Å². The van der Waals surface area contributed by atoms with Gasteiger partial charge in [-0.05, 0) is 44.2 Å². The minimum absolute atomic E-state index is 0.0253. The topological polar surface area (TPSA) is 80.3 Å². The third-order valence-corrected chi connectivity index (χ3v) is 4.70. The number of aryl methyl sites for hydroxylation is 2. The summed E-state index contributed by atoms with van der Waals surface area (Å²) in [7, 11) is 1.61. The van der Waals surface area contributed by atoms with Gasteiger partial charge in [0.15, 0.2) is 18.3 Å². The van der Waals surface area contributed by atoms with E-state index in [1.807, 2.05) is 36.9 Å². The van der Waals surface area contributed by atoms with Crippen LogP contribution in [0.15, 0.2) is 18.2 Å². The number of rotatable bonds is 6. The van der Waals surface area contributed by atoms with Gasteiger partial charge in [-0.2, -0.15) is 5.10 Å². The molecule has 0 radical (unpaired) electrons. The maximum absolute atomic E-state index is 12.8. The van der Waals surface area contributed by atoms with E-state index in [0.29, 0.717) is 24.8 Å². The Labute approximate surface area is 153 Å². The second kappa shape index (κ2) is 8.31. The third-order valence-electron chi connectivity index (χ3n) is 4.70. The van der Waals surface area contributed by atoms with Gasteiger partial charge in [-0.1, -0.05) is 18.2 Å². The van der Waals surface area contributed by atoms with Crippen LogP contribution < -0.4 is 4.74 Å². The van der Waals surface area contributed by atoms with Gasteiger partial charge in [0.25, 0.3) is 5.91 Å². The van der Waals surface area contributed by atoms with Crippen LogP contribution in [0.3, 0.4) is 0 Å². The lowest BCUT2D eigenvalue weighted by Crippen LogP contribution is -2.41. The molecule has 1 aliphatic heterocycles. The maximum Gasteiger partial charge on any atom is 0.261 e. The molecular formula is C19H26N4O3. The summed E-state index contributed by atoms with van der Waals surface area (Å²) >= 11 is 0. The van der Waals surface area contributed by atoms with Gasteiger partial charge >= 0.3 is 0 Å². The Morgan fingerprint density at radius 1 is 1.31 bits per heavy atom. The monoisotopic (exact) mass is 358 g/mol. The van der Waals surface area contributed by atoms with Gasteiger partial charge < -0.3 is 14.4 Å². The van der Waals surface area contributed by atoms with E-state index in [-0.39, 0.29) is 18.6 Å². The van der Waals surface area contributed by atoms with Gasteiger partial charge in [-0.3, -0.25) is 9.89 Å². The van der Waals surface area contributed by atoms with E-state index >= 15 is 0 Å². The van der Waals surface area contributed by atoms with Crippen LogP contribution >= 0.6 is 0 Å². The number of piperidine rings is 1. The van der Waals surface area contributed by atoms with Crippen LogP contribution in [0.25, 0.3) is 0 Å². The highest BCUT2D eigenvalue weighted by Gasteiger charge is 2.31. The highest BCUT2D eigenvalue weighted by molar-refractivity contribution is 5.78. The molecule has 0 spiro atoms. The number of hydrogen-bond acceptors (Lipinski definition) is 5. The molecule has 7 heteroatoms. The summed E-state index contributed by atoms with van der Waals surface area (Å²) in [5.41, 5.74) is 2.07. The van der Waals surface area contributed by atoms with Crippen molar-refractivity contribution in [1.82, 2.24) is 20.1 Å². The number of aromatic nitrogens is 3. The van der Waals surface area contributed by atoms with Crippen LogP contribution in [0.1, 0.15) is 48.1 Å². The Hall–Kier alpha value is -2.41. The van der Waals surface area contributed by atoms with Gasteiger partial charge in [0, 0.05) is 13.7 Å². The Kier molecular flexibility index (Phi) is 5.88. The highest BCUT2D eigenvalue weighted by atomic mass is 16.5. The Morgan fingerprint density at radius 2 is 2.08 bits per heavy atom. The van der Waals surface area contributed by atoms with Crippen molar-refractivity contribution in [3.05, 3.63) is 41.0 Å². The average Bonchev–Trinajstić information content (AvgIpc) is 3.10. The fourth-order valence-corrected chi connectivity index (χ4v) is 3.40. The van der Waals surface area contributed by atoms with Gasteiger partial charge in [0.1, 0.15) is 12.4 Å². The van der Waals surface area contributed by atoms with Crippen molar-refractivity contribution in [2.45, 2.75) is 45.8 Å². The van der Waals surface area contributed by atoms with Crippen LogP contribution in [-0.2, 0) is 16.1 Å². The molecule has 0 unspecified atom stereocenters. The minimum Gasteiger partial charge on any atom is -0.483 e. The Bertz CT molecular complexity index is 739. The molecule has 1 saturated heterocycles. The molecule has 0 bridgehead atoms. The predicted molar refractivity (Wildman–Crippen MR) is 96.8 cm³/mol. The van der Waals surface area contributed by atoms with Gasteiger partial charge in [-0.25, -0.2) is 4.98 Å². The molecule has 0 saturated carbocycles. The van der Waals surface area contributed by atoms with Crippen LogP contribution in [0.4, 0.5) is 0 Å². The number of para-hydroxylation sites is 1. The maximum atomic E-state index is 12.8. The summed E-state index contributed by atoms with van der Waals surface area (Å²) < 4.78 is 10.9. The third kappa shape index (κ3) is 4.04. The number of H-pyrrole nitrogens is 1. The number of aromatic amines is 1. The van der Waals surface area contributed by atoms with Gasteiger partial charge in [0.05, 0.1) is 6.04 Å². The summed E-state index contributed by atoms with van der Waals surface area (Å²) in [6.45, 7) is 5.08. The standard InChI is InChI=1S/C19H26N4O3/c1-13-7-6-8-14(2)18(13)26-12-17(24)23-10-5-4-9-15(23)19-20-16(11-25-3)21-22-19/h6-8,15H,4-5,9-12H2,1-3H3,(H,20,21,22)/t15-/m0/s1. The first-order valence-electron chi connectivity index (χ1n) is 8.98. The second-order valence-electron chi connectivity index (χ2n) is 6.68. The first-order chi connectivity index (χ1) is 12.6. The number of hydrogen-bond donors (Lipinski definition) is 1. The number of likely N-dealkylation sites (tertiary alicyclic amines) is 1. The summed E-state index contributed by atoms with van der Waals surface area (Å²) in [6.07, 6.45) is 2.90. The summed E-state index contributed by atoms with van der Waals surface area (Å²) in [5.74, 6) is 2.08. The molecule has 2 aromatic rings. The normalized spacial score (nSPS) is 17.3. The molecule has 2 heterocycles. The number of carbonyl (C=O) groups excluding carboxylic acids is 1. The van der Waals surface area contributed by atoms with E-state index in [0.717, 1.165) is 36.1 Å². The second-order valence-corrected chi connectivity index (χ2v) is 6.68. The fraction of sp³-hybridized carbons (Fsp3) is 0.526. The molecule has 7 nitrogen and oxygen atoms in total. The van der Waals surface area contributed by atoms with Crippen molar-refractivity contribution in [3.63, 3.8) is 0 Å². The smallest absolute Gasteiger partial charge is 0.261 e. The molecule has 26 heavy (non-hydrogen) atoms. The SMILES string of the molecule is COCc1nc([C@@H]2CCCCN2C(=O)COc2c(C)cccc2C)n[nH]1. The lowest BCUT2D eigenvalue weighted by atomic mass is 10.0. The lowest BCUT2D eigenvalue weighted by Gasteiger charge is -2.34. The molecule has 1 aromatic heterocycles. The fourth-order valence-electron chi connectivity index (χ4n) is 3.40. The largest absolute Gasteiger partial charge is 0.483 e. The van der Waals surface area contributed by atoms with Crippen molar-refractivity contribution in [2.75, 3.05) is 20.3 Å². The van der Waals surface area contributed by atoms with Crippen LogP contribution in [0.5, 0.6) is 5.75 Å². The zero-order chi connectivity index (χ0) is 18.5. The molecular weight excluding hydrogens is 332 g/mol. The first-order valence-corrected chi connectivity index (χ1v) is 8.98. The predicted octanol–water partition coefficient (Wildman–Crippen LogP) is 2.70. The summed E-state index contributed by atoms with van der Waals surface area (Å²) in [6, 6.07) is 5.85. The summed E-state index contributed by atoms with van der Waals surface area (Å²) in [5, 5.41) is 7.17. The van der Waals surface area contributed by atoms with E-state index in [2.05, 4.69) is 15.2 Å². The average molecular weight is 358 g/mol. The van der Waals surface area contributed by atoms with Crippen molar-refractivity contribution >= 4 is 5.91 Å². The molecule has 1 amide bonds. The minimum atomic E-state index is -0.111. The van der Waals surface area contributed by atoms with E-state index in [1.54, 1.807) is 7.11 Å². The molecule has 1 N–H and O–H groups in total. The van der Waals surface area contributed by atoms with E-state index in [9.17, 15) is 4.79 Å². The number of nitrogens with one attached hydrogen (secondary N) is 1. The number of benzene rings is 1. The van der Waals surface area contributed by atoms with Crippen molar-refractivity contribution in [2.24, 2.45) is 0 Å². The zero-order valence-corrected chi connectivity index (χ0v) is 15.6. The van der Waals surface area contributed by atoms with Gasteiger partial charge in [0.2, 0.25) is 0 Å². The van der Waals surface area contributed by atoms with Crippen molar-refractivity contribution < 1.29 is 14.3 Å². The number of nitrogens with zero attached hydrogens (tertiary/aromatic N) is 3. The molecule has 0 aliphatic carbocycles. The quantitative estimate of drug-likeness (QED) is 0.859. The molecule has 1 fully saturated rings. The summed E-state index contributed by atoms with van der Waals surface area (Å²) in [4.78, 5) is 19.1. The number of methoxy groups -OCH3 is 1. The van der Waals surface area contributed by atoms with E-state index in [4.69, 9.17) is 9.47 Å². The van der Waals surface area contributed by atoms with Crippen LogP contribution in [-0.4, -0.2) is 46.2 Å². The van der Waals surface area contributed by atoms with Crippen LogP contribution in [0, 0.1) is 13.8 Å². The van der Waals surface area contributed by atoms with Crippen molar-refractivity contribution in [3.8, 4) is 5.75 Å². The van der Waals surface area contributed by atoms with Gasteiger partial charge in [-0.15, -0.1) is 0 Å². The Balaban J connectivity index is 1.69. The molecule has 1 aromatic carbocycles. The number of ether oxygens (including phenoxy) is 2. The van der Waals surface area contributed by atoms with E-state index in [1.165, 1.54) is 0 Å².